The summed E-state index contributed by atoms with van der Waals surface area (Å²) >= 11 is 0. The van der Waals surface area contributed by atoms with E-state index in [2.05, 4.69) is 4.98 Å². The molecule has 0 aliphatic carbocycles. The molecule has 16 heavy (non-hydrogen) atoms. The van der Waals surface area contributed by atoms with E-state index in [1.54, 1.807) is 7.11 Å². The van der Waals surface area contributed by atoms with Crippen molar-refractivity contribution in [1.82, 2.24) is 4.98 Å². The Morgan fingerprint density at radius 1 is 1.38 bits per heavy atom. The molecule has 0 unspecified atom stereocenters. The molecule has 4 nitrogen and oxygen atoms in total. The molecule has 1 aromatic rings. The van der Waals surface area contributed by atoms with Crippen LogP contribution in [0, 0.1) is 13.8 Å². The molecule has 0 saturated heterocycles. The number of ether oxygens (including phenoxy) is 2. The molecule has 4 heteroatoms. The first-order valence-corrected chi connectivity index (χ1v) is 5.47. The molecule has 1 aromatic heterocycles. The summed E-state index contributed by atoms with van der Waals surface area (Å²) in [4.78, 5) is 4.35. The van der Waals surface area contributed by atoms with E-state index >= 15 is 0 Å². The highest BCUT2D eigenvalue weighted by Crippen LogP contribution is 2.24. The molecule has 1 heterocycles. The topological polar surface area (TPSA) is 57.4 Å². The number of aromatic nitrogens is 1. The average molecular weight is 224 g/mol. The Morgan fingerprint density at radius 3 is 2.75 bits per heavy atom. The van der Waals surface area contributed by atoms with Gasteiger partial charge in [-0.2, -0.15) is 0 Å². The van der Waals surface area contributed by atoms with Crippen molar-refractivity contribution in [3.8, 4) is 5.75 Å². The number of aryl methyl sites for hydroxylation is 1. The summed E-state index contributed by atoms with van der Waals surface area (Å²) in [7, 11) is 1.67. The Hall–Kier alpha value is -1.13. The van der Waals surface area contributed by atoms with E-state index in [0.717, 1.165) is 29.0 Å². The van der Waals surface area contributed by atoms with Crippen molar-refractivity contribution in [1.29, 1.82) is 0 Å². The summed E-state index contributed by atoms with van der Waals surface area (Å²) in [5.41, 5.74) is 8.42. The average Bonchev–Trinajstić information content (AvgIpc) is 2.28. The summed E-state index contributed by atoms with van der Waals surface area (Å²) in [6.45, 7) is 5.83. The van der Waals surface area contributed by atoms with E-state index in [4.69, 9.17) is 15.2 Å². The molecule has 0 atom stereocenters. The van der Waals surface area contributed by atoms with Crippen molar-refractivity contribution >= 4 is 0 Å². The van der Waals surface area contributed by atoms with Gasteiger partial charge in [0.2, 0.25) is 0 Å². The zero-order valence-corrected chi connectivity index (χ0v) is 10.2. The molecule has 0 saturated carbocycles. The predicted molar refractivity (Wildman–Crippen MR) is 63.6 cm³/mol. The van der Waals surface area contributed by atoms with E-state index in [1.165, 1.54) is 0 Å². The Bertz CT molecular complexity index is 340. The molecular weight excluding hydrogens is 204 g/mol. The molecule has 0 radical (unpaired) electrons. The van der Waals surface area contributed by atoms with Crippen LogP contribution in [0.25, 0.3) is 0 Å². The quantitative estimate of drug-likeness (QED) is 0.745. The summed E-state index contributed by atoms with van der Waals surface area (Å²) in [6.07, 6.45) is 2.69. The Morgan fingerprint density at radius 2 is 2.12 bits per heavy atom. The molecule has 0 amide bonds. The second kappa shape index (κ2) is 6.45. The molecule has 0 spiro atoms. The highest BCUT2D eigenvalue weighted by atomic mass is 16.5. The van der Waals surface area contributed by atoms with Gasteiger partial charge in [-0.15, -0.1) is 0 Å². The van der Waals surface area contributed by atoms with Crippen LogP contribution in [0.3, 0.4) is 0 Å². The van der Waals surface area contributed by atoms with Crippen LogP contribution >= 0.6 is 0 Å². The lowest BCUT2D eigenvalue weighted by Crippen LogP contribution is -2.06. The maximum atomic E-state index is 5.48. The first kappa shape index (κ1) is 12.9. The maximum absolute atomic E-state index is 5.48. The molecule has 0 fully saturated rings. The highest BCUT2D eigenvalue weighted by molar-refractivity contribution is 5.40. The highest BCUT2D eigenvalue weighted by Gasteiger charge is 2.08. The third kappa shape index (κ3) is 3.18. The van der Waals surface area contributed by atoms with Crippen LogP contribution in [-0.2, 0) is 11.3 Å². The lowest BCUT2D eigenvalue weighted by molar-refractivity contribution is 0.116. The Kier molecular flexibility index (Phi) is 5.22. The third-order valence-electron chi connectivity index (χ3n) is 2.48. The van der Waals surface area contributed by atoms with Crippen LogP contribution in [0.4, 0.5) is 0 Å². The van der Waals surface area contributed by atoms with Gasteiger partial charge in [0.15, 0.2) is 0 Å². The van der Waals surface area contributed by atoms with Crippen LogP contribution in [0.5, 0.6) is 5.75 Å². The summed E-state index contributed by atoms with van der Waals surface area (Å²) < 4.78 is 10.8. The predicted octanol–water partition coefficient (Wildman–Crippen LogP) is 1.57. The number of methoxy groups -OCH3 is 1. The number of hydrogen-bond donors (Lipinski definition) is 1. The Labute approximate surface area is 96.8 Å². The number of rotatable bonds is 6. The molecule has 1 rings (SSSR count). The number of nitrogens with zero attached hydrogens (tertiary/aromatic N) is 1. The zero-order valence-electron chi connectivity index (χ0n) is 10.2. The number of hydrogen-bond acceptors (Lipinski definition) is 4. The second-order valence-electron chi connectivity index (χ2n) is 3.74. The van der Waals surface area contributed by atoms with Crippen molar-refractivity contribution in [3.63, 3.8) is 0 Å². The first-order valence-electron chi connectivity index (χ1n) is 5.47. The van der Waals surface area contributed by atoms with E-state index in [-0.39, 0.29) is 0 Å². The van der Waals surface area contributed by atoms with E-state index in [1.807, 2.05) is 20.0 Å². The van der Waals surface area contributed by atoms with Crippen LogP contribution < -0.4 is 10.5 Å². The molecule has 0 bridgehead atoms. The molecule has 0 aliphatic heterocycles. The van der Waals surface area contributed by atoms with Gasteiger partial charge in [-0.05, 0) is 26.8 Å². The molecular formula is C12H20N2O2. The fraction of sp³-hybridized carbons (Fsp3) is 0.583. The number of nitrogens with two attached hydrogens (primary N) is 1. The first-order chi connectivity index (χ1) is 7.70. The minimum atomic E-state index is 0.516. The minimum Gasteiger partial charge on any atom is -0.496 e. The van der Waals surface area contributed by atoms with Gasteiger partial charge in [0, 0.05) is 23.9 Å². The lowest BCUT2D eigenvalue weighted by atomic mass is 10.1. The zero-order chi connectivity index (χ0) is 12.0. The monoisotopic (exact) mass is 224 g/mol. The van der Waals surface area contributed by atoms with Gasteiger partial charge in [0.05, 0.1) is 19.4 Å². The van der Waals surface area contributed by atoms with Crippen LogP contribution in [0.2, 0.25) is 0 Å². The third-order valence-corrected chi connectivity index (χ3v) is 2.48. The van der Waals surface area contributed by atoms with Crippen LogP contribution in [0.15, 0.2) is 6.20 Å². The van der Waals surface area contributed by atoms with Gasteiger partial charge >= 0.3 is 0 Å². The van der Waals surface area contributed by atoms with Gasteiger partial charge in [0.1, 0.15) is 5.75 Å². The van der Waals surface area contributed by atoms with Gasteiger partial charge in [-0.1, -0.05) is 0 Å². The fourth-order valence-electron chi connectivity index (χ4n) is 1.57. The maximum Gasteiger partial charge on any atom is 0.128 e. The van der Waals surface area contributed by atoms with Crippen LogP contribution in [-0.4, -0.2) is 25.2 Å². The van der Waals surface area contributed by atoms with Gasteiger partial charge in [-0.25, -0.2) is 0 Å². The summed E-state index contributed by atoms with van der Waals surface area (Å²) in [5, 5.41) is 0. The van der Waals surface area contributed by atoms with Crippen molar-refractivity contribution < 1.29 is 9.47 Å². The largest absolute Gasteiger partial charge is 0.496 e. The Balaban J connectivity index is 2.66. The van der Waals surface area contributed by atoms with E-state index in [9.17, 15) is 0 Å². The van der Waals surface area contributed by atoms with E-state index in [0.29, 0.717) is 19.8 Å². The molecule has 0 aromatic carbocycles. The van der Waals surface area contributed by atoms with Gasteiger partial charge in [-0.3, -0.25) is 4.98 Å². The van der Waals surface area contributed by atoms with Gasteiger partial charge in [0.25, 0.3) is 0 Å². The van der Waals surface area contributed by atoms with Crippen molar-refractivity contribution in [2.45, 2.75) is 26.9 Å². The lowest BCUT2D eigenvalue weighted by Gasteiger charge is -2.12. The second-order valence-corrected chi connectivity index (χ2v) is 3.74. The van der Waals surface area contributed by atoms with E-state index < -0.39 is 0 Å². The minimum absolute atomic E-state index is 0.516. The molecule has 2 N–H and O–H groups in total. The smallest absolute Gasteiger partial charge is 0.128 e. The van der Waals surface area contributed by atoms with Crippen molar-refractivity contribution in [2.24, 2.45) is 5.73 Å². The SMILES string of the molecule is COc1c(C)cnc(COCCCN)c1C. The van der Waals surface area contributed by atoms with Crippen molar-refractivity contribution in [2.75, 3.05) is 20.3 Å². The summed E-state index contributed by atoms with van der Waals surface area (Å²) in [6, 6.07) is 0. The normalized spacial score (nSPS) is 10.5. The molecule has 90 valence electrons. The van der Waals surface area contributed by atoms with Gasteiger partial charge < -0.3 is 15.2 Å². The van der Waals surface area contributed by atoms with Crippen molar-refractivity contribution in [3.05, 3.63) is 23.0 Å². The fourth-order valence-corrected chi connectivity index (χ4v) is 1.57. The molecule has 0 aliphatic rings. The van der Waals surface area contributed by atoms with Crippen LogP contribution in [0.1, 0.15) is 23.2 Å². The standard InChI is InChI=1S/C12H20N2O2/c1-9-7-14-11(8-16-6-4-5-13)10(2)12(9)15-3/h7H,4-6,8,13H2,1-3H3. The number of pyridine rings is 1. The summed E-state index contributed by atoms with van der Waals surface area (Å²) in [5.74, 6) is 0.896.